The third-order valence-electron chi connectivity index (χ3n) is 2.36. The van der Waals surface area contributed by atoms with Crippen molar-refractivity contribution in [1.29, 1.82) is 0 Å². The van der Waals surface area contributed by atoms with E-state index in [1.165, 1.54) is 4.90 Å². The highest BCUT2D eigenvalue weighted by Crippen LogP contribution is 2.25. The maximum atomic E-state index is 11.3. The van der Waals surface area contributed by atoms with E-state index in [1.807, 2.05) is 6.07 Å². The largest absolute Gasteiger partial charge is 0.464 e. The van der Waals surface area contributed by atoms with Gasteiger partial charge in [0.15, 0.2) is 0 Å². The molecule has 0 fully saturated rings. The van der Waals surface area contributed by atoms with Gasteiger partial charge in [0, 0.05) is 5.69 Å². The molecule has 0 aromatic heterocycles. The van der Waals surface area contributed by atoms with Crippen molar-refractivity contribution in [3.8, 4) is 0 Å². The first-order chi connectivity index (χ1) is 8.18. The van der Waals surface area contributed by atoms with E-state index in [9.17, 15) is 9.90 Å². The van der Waals surface area contributed by atoms with Gasteiger partial charge in [-0.3, -0.25) is 0 Å². The summed E-state index contributed by atoms with van der Waals surface area (Å²) in [5, 5.41) is 9.24. The van der Waals surface area contributed by atoms with Crippen LogP contribution in [0.2, 0.25) is 0 Å². The van der Waals surface area contributed by atoms with E-state index >= 15 is 0 Å². The molecule has 4 heteroatoms. The molecule has 0 saturated carbocycles. The fraction of sp³-hybridized carbons (Fsp3) is 0. The SMILES string of the molecule is Nc1ccc(N(C(=O)O)c2ccccc2)cc1. The molecule has 86 valence electrons. The van der Waals surface area contributed by atoms with E-state index in [1.54, 1.807) is 48.5 Å². The topological polar surface area (TPSA) is 66.6 Å². The lowest BCUT2D eigenvalue weighted by molar-refractivity contribution is 0.205. The molecule has 0 radical (unpaired) electrons. The number of hydrogen-bond acceptors (Lipinski definition) is 2. The van der Waals surface area contributed by atoms with Gasteiger partial charge in [0.25, 0.3) is 0 Å². The number of benzene rings is 2. The van der Waals surface area contributed by atoms with Crippen LogP contribution in [0.4, 0.5) is 21.9 Å². The summed E-state index contributed by atoms with van der Waals surface area (Å²) >= 11 is 0. The van der Waals surface area contributed by atoms with Gasteiger partial charge in [-0.25, -0.2) is 9.69 Å². The van der Waals surface area contributed by atoms with Crippen LogP contribution < -0.4 is 10.6 Å². The molecule has 0 bridgehead atoms. The first-order valence-corrected chi connectivity index (χ1v) is 5.12. The fourth-order valence-electron chi connectivity index (χ4n) is 1.57. The Morgan fingerprint density at radius 3 is 2.00 bits per heavy atom. The smallest absolute Gasteiger partial charge is 0.416 e. The number of anilines is 3. The molecule has 0 spiro atoms. The number of carbonyl (C=O) groups is 1. The van der Waals surface area contributed by atoms with Gasteiger partial charge in [-0.1, -0.05) is 18.2 Å². The van der Waals surface area contributed by atoms with Crippen LogP contribution in [-0.4, -0.2) is 11.2 Å². The Kier molecular flexibility index (Phi) is 2.96. The molecule has 2 rings (SSSR count). The van der Waals surface area contributed by atoms with Crippen molar-refractivity contribution >= 4 is 23.2 Å². The summed E-state index contributed by atoms with van der Waals surface area (Å²) in [5.74, 6) is 0. The Bertz CT molecular complexity index is 509. The van der Waals surface area contributed by atoms with E-state index in [0.717, 1.165) is 0 Å². The van der Waals surface area contributed by atoms with Gasteiger partial charge in [0.1, 0.15) is 0 Å². The number of nitrogens with two attached hydrogens (primary N) is 1. The lowest BCUT2D eigenvalue weighted by Crippen LogP contribution is -2.23. The maximum absolute atomic E-state index is 11.3. The lowest BCUT2D eigenvalue weighted by Gasteiger charge is -2.19. The van der Waals surface area contributed by atoms with Crippen molar-refractivity contribution in [3.05, 3.63) is 54.6 Å². The van der Waals surface area contributed by atoms with Crippen molar-refractivity contribution in [2.75, 3.05) is 10.6 Å². The van der Waals surface area contributed by atoms with Crippen LogP contribution in [0.15, 0.2) is 54.6 Å². The standard InChI is InChI=1S/C13H12N2O2/c14-10-6-8-12(9-7-10)15(13(16)17)11-4-2-1-3-5-11/h1-9H,14H2,(H,16,17). The monoisotopic (exact) mass is 228 g/mol. The molecular formula is C13H12N2O2. The summed E-state index contributed by atoms with van der Waals surface area (Å²) in [4.78, 5) is 12.5. The summed E-state index contributed by atoms with van der Waals surface area (Å²) in [5.41, 5.74) is 7.35. The molecule has 17 heavy (non-hydrogen) atoms. The zero-order valence-electron chi connectivity index (χ0n) is 9.08. The Balaban J connectivity index is 2.43. The number of amides is 1. The Morgan fingerprint density at radius 2 is 1.47 bits per heavy atom. The van der Waals surface area contributed by atoms with Gasteiger partial charge in [0.05, 0.1) is 11.4 Å². The normalized spacial score (nSPS) is 9.88. The molecule has 0 unspecified atom stereocenters. The van der Waals surface area contributed by atoms with Crippen molar-refractivity contribution in [2.24, 2.45) is 0 Å². The van der Waals surface area contributed by atoms with Crippen LogP contribution in [0.5, 0.6) is 0 Å². The second-order valence-corrected chi connectivity index (χ2v) is 3.55. The number of nitrogen functional groups attached to an aromatic ring is 1. The van der Waals surface area contributed by atoms with E-state index in [-0.39, 0.29) is 0 Å². The third-order valence-corrected chi connectivity index (χ3v) is 2.36. The van der Waals surface area contributed by atoms with Gasteiger partial charge in [-0.2, -0.15) is 0 Å². The number of carboxylic acid groups (broad SMARTS) is 1. The van der Waals surface area contributed by atoms with E-state index < -0.39 is 6.09 Å². The maximum Gasteiger partial charge on any atom is 0.416 e. The Morgan fingerprint density at radius 1 is 0.941 bits per heavy atom. The number of rotatable bonds is 2. The van der Waals surface area contributed by atoms with Crippen LogP contribution in [0, 0.1) is 0 Å². The van der Waals surface area contributed by atoms with E-state index in [4.69, 9.17) is 5.73 Å². The van der Waals surface area contributed by atoms with Gasteiger partial charge < -0.3 is 10.8 Å². The lowest BCUT2D eigenvalue weighted by atomic mass is 10.2. The quantitative estimate of drug-likeness (QED) is 0.776. The van der Waals surface area contributed by atoms with Crippen LogP contribution in [-0.2, 0) is 0 Å². The van der Waals surface area contributed by atoms with Crippen molar-refractivity contribution in [1.82, 2.24) is 0 Å². The van der Waals surface area contributed by atoms with Crippen molar-refractivity contribution < 1.29 is 9.90 Å². The second kappa shape index (κ2) is 4.57. The zero-order chi connectivity index (χ0) is 12.3. The molecule has 3 N–H and O–H groups in total. The van der Waals surface area contributed by atoms with Crippen LogP contribution in [0.3, 0.4) is 0 Å². The second-order valence-electron chi connectivity index (χ2n) is 3.55. The summed E-state index contributed by atoms with van der Waals surface area (Å²) < 4.78 is 0. The highest BCUT2D eigenvalue weighted by Gasteiger charge is 2.15. The number of nitrogens with zero attached hydrogens (tertiary/aromatic N) is 1. The first kappa shape index (κ1) is 11.0. The highest BCUT2D eigenvalue weighted by molar-refractivity contribution is 5.94. The van der Waals surface area contributed by atoms with Gasteiger partial charge in [-0.15, -0.1) is 0 Å². The Hall–Kier alpha value is -2.49. The zero-order valence-corrected chi connectivity index (χ0v) is 9.08. The molecule has 2 aromatic rings. The summed E-state index contributed by atoms with van der Waals surface area (Å²) in [7, 11) is 0. The molecular weight excluding hydrogens is 216 g/mol. The Labute approximate surface area is 98.9 Å². The average molecular weight is 228 g/mol. The van der Waals surface area contributed by atoms with Gasteiger partial charge >= 0.3 is 6.09 Å². The minimum atomic E-state index is -1.03. The van der Waals surface area contributed by atoms with E-state index in [2.05, 4.69) is 0 Å². The minimum absolute atomic E-state index is 0.568. The summed E-state index contributed by atoms with van der Waals surface area (Å²) in [6, 6.07) is 15.6. The average Bonchev–Trinajstić information content (AvgIpc) is 2.33. The molecule has 0 aliphatic heterocycles. The molecule has 1 amide bonds. The molecule has 0 aliphatic rings. The van der Waals surface area contributed by atoms with Crippen LogP contribution in [0.25, 0.3) is 0 Å². The molecule has 0 saturated heterocycles. The minimum Gasteiger partial charge on any atom is -0.464 e. The van der Waals surface area contributed by atoms with Crippen LogP contribution in [0.1, 0.15) is 0 Å². The fourth-order valence-corrected chi connectivity index (χ4v) is 1.57. The molecule has 0 atom stereocenters. The molecule has 2 aromatic carbocycles. The van der Waals surface area contributed by atoms with Gasteiger partial charge in [-0.05, 0) is 36.4 Å². The number of para-hydroxylation sites is 1. The van der Waals surface area contributed by atoms with Crippen molar-refractivity contribution in [2.45, 2.75) is 0 Å². The number of hydrogen-bond donors (Lipinski definition) is 2. The van der Waals surface area contributed by atoms with E-state index in [0.29, 0.717) is 17.1 Å². The summed E-state index contributed by atoms with van der Waals surface area (Å²) in [6.07, 6.45) is -1.03. The predicted octanol–water partition coefficient (Wildman–Crippen LogP) is 3.08. The predicted molar refractivity (Wildman–Crippen MR) is 67.5 cm³/mol. The molecule has 0 aliphatic carbocycles. The molecule has 0 heterocycles. The summed E-state index contributed by atoms with van der Waals surface area (Å²) in [6.45, 7) is 0. The molecule has 4 nitrogen and oxygen atoms in total. The van der Waals surface area contributed by atoms with Gasteiger partial charge in [0.2, 0.25) is 0 Å². The van der Waals surface area contributed by atoms with Crippen molar-refractivity contribution in [3.63, 3.8) is 0 Å². The van der Waals surface area contributed by atoms with Crippen LogP contribution >= 0.6 is 0 Å². The highest BCUT2D eigenvalue weighted by atomic mass is 16.4. The first-order valence-electron chi connectivity index (χ1n) is 5.12. The third kappa shape index (κ3) is 2.36.